The molecule has 2 aromatic rings. The Hall–Kier alpha value is -1.41. The van der Waals surface area contributed by atoms with Crippen LogP contribution in [0.15, 0.2) is 34.1 Å². The maximum atomic E-state index is 12.6. The summed E-state index contributed by atoms with van der Waals surface area (Å²) in [5, 5.41) is 12.9. The van der Waals surface area contributed by atoms with Gasteiger partial charge in [-0.15, -0.1) is 11.3 Å². The van der Waals surface area contributed by atoms with Crippen LogP contribution < -0.4 is 5.32 Å². The van der Waals surface area contributed by atoms with Crippen molar-refractivity contribution in [1.82, 2.24) is 10.2 Å². The van der Waals surface area contributed by atoms with E-state index in [1.165, 1.54) is 16.2 Å². The smallest absolute Gasteiger partial charge is 0.256 e. The van der Waals surface area contributed by atoms with Crippen molar-refractivity contribution in [2.75, 3.05) is 6.61 Å². The number of thiophene rings is 1. The Bertz CT molecular complexity index is 826. The van der Waals surface area contributed by atoms with E-state index in [2.05, 4.69) is 21.2 Å². The molecule has 0 fully saturated rings. The summed E-state index contributed by atoms with van der Waals surface area (Å²) >= 11 is 10.8. The second kappa shape index (κ2) is 7.45. The molecule has 2 atom stereocenters. The van der Waals surface area contributed by atoms with Gasteiger partial charge in [0.15, 0.2) is 0 Å². The van der Waals surface area contributed by atoms with Gasteiger partial charge in [0.1, 0.15) is 6.04 Å². The van der Waals surface area contributed by atoms with Crippen molar-refractivity contribution >= 4 is 50.7 Å². The standard InChI is InChI=1S/C17H16BrClN2O3S/c1-9(21-7-14-12(17(21)24)6-15(18)25-14)16(23)20-13(8-22)10-3-2-4-11(19)5-10/h2-6,9,13,22H,7-8H2,1H3,(H,20,23)/t9?,13-/m1/s1. The summed E-state index contributed by atoms with van der Waals surface area (Å²) < 4.78 is 0.906. The van der Waals surface area contributed by atoms with E-state index in [1.54, 1.807) is 37.3 Å². The molecule has 0 saturated carbocycles. The Balaban J connectivity index is 1.70. The van der Waals surface area contributed by atoms with Crippen molar-refractivity contribution in [2.45, 2.75) is 25.6 Å². The Kier molecular flexibility index (Phi) is 5.48. The van der Waals surface area contributed by atoms with Gasteiger partial charge in [0.25, 0.3) is 5.91 Å². The minimum atomic E-state index is -0.640. The highest BCUT2D eigenvalue weighted by molar-refractivity contribution is 9.11. The third kappa shape index (κ3) is 3.74. The predicted octanol–water partition coefficient (Wildman–Crippen LogP) is 3.36. The SMILES string of the molecule is CC(C(=O)N[C@H](CO)c1cccc(Cl)c1)N1Cc2sc(Br)cc2C1=O. The minimum absolute atomic E-state index is 0.150. The molecule has 1 unspecified atom stereocenters. The third-order valence-corrected chi connectivity index (χ3v) is 6.04. The number of benzene rings is 1. The van der Waals surface area contributed by atoms with E-state index in [0.717, 1.165) is 8.66 Å². The molecule has 0 aliphatic carbocycles. The van der Waals surface area contributed by atoms with Gasteiger partial charge in [-0.1, -0.05) is 23.7 Å². The van der Waals surface area contributed by atoms with E-state index in [4.69, 9.17) is 11.6 Å². The van der Waals surface area contributed by atoms with E-state index < -0.39 is 12.1 Å². The summed E-state index contributed by atoms with van der Waals surface area (Å²) in [6, 6.07) is 7.54. The van der Waals surface area contributed by atoms with Gasteiger partial charge in [0.05, 0.1) is 28.5 Å². The first kappa shape index (κ1) is 18.4. The van der Waals surface area contributed by atoms with Crippen LogP contribution >= 0.6 is 38.9 Å². The number of rotatable bonds is 5. The Labute approximate surface area is 162 Å². The molecule has 5 nitrogen and oxygen atoms in total. The molecule has 1 aliphatic rings. The normalized spacial score (nSPS) is 15.8. The number of aliphatic hydroxyl groups is 1. The number of amides is 2. The molecule has 0 bridgehead atoms. The third-order valence-electron chi connectivity index (χ3n) is 4.18. The zero-order valence-corrected chi connectivity index (χ0v) is 16.5. The van der Waals surface area contributed by atoms with E-state index in [-0.39, 0.29) is 18.4 Å². The van der Waals surface area contributed by atoms with Crippen LogP contribution in [0.5, 0.6) is 0 Å². The van der Waals surface area contributed by atoms with Crippen LogP contribution in [0.25, 0.3) is 0 Å². The molecular formula is C17H16BrClN2O3S. The Morgan fingerprint density at radius 2 is 2.24 bits per heavy atom. The fourth-order valence-corrected chi connectivity index (χ4v) is 4.67. The number of carbonyl (C=O) groups excluding carboxylic acids is 2. The molecule has 2 N–H and O–H groups in total. The van der Waals surface area contributed by atoms with Gasteiger partial charge in [-0.3, -0.25) is 9.59 Å². The molecule has 132 valence electrons. The molecule has 0 saturated heterocycles. The van der Waals surface area contributed by atoms with Crippen molar-refractivity contribution in [3.8, 4) is 0 Å². The molecule has 8 heteroatoms. The molecule has 25 heavy (non-hydrogen) atoms. The first-order valence-corrected chi connectivity index (χ1v) is 9.65. The van der Waals surface area contributed by atoms with Gasteiger partial charge in [-0.05, 0) is 46.6 Å². The van der Waals surface area contributed by atoms with Crippen LogP contribution in [0.3, 0.4) is 0 Å². The van der Waals surface area contributed by atoms with Crippen molar-refractivity contribution in [2.24, 2.45) is 0 Å². The van der Waals surface area contributed by atoms with E-state index in [0.29, 0.717) is 22.7 Å². The van der Waals surface area contributed by atoms with Crippen molar-refractivity contribution in [3.05, 3.63) is 55.1 Å². The quantitative estimate of drug-likeness (QED) is 0.744. The summed E-state index contributed by atoms with van der Waals surface area (Å²) in [6.07, 6.45) is 0. The number of nitrogens with one attached hydrogen (secondary N) is 1. The second-order valence-electron chi connectivity index (χ2n) is 5.80. The number of nitrogens with zero attached hydrogens (tertiary/aromatic N) is 1. The lowest BCUT2D eigenvalue weighted by molar-refractivity contribution is -0.126. The van der Waals surface area contributed by atoms with Crippen LogP contribution in [0, 0.1) is 0 Å². The lowest BCUT2D eigenvalue weighted by Gasteiger charge is -2.26. The summed E-state index contributed by atoms with van der Waals surface area (Å²) in [5.41, 5.74) is 1.36. The van der Waals surface area contributed by atoms with Crippen molar-refractivity contribution < 1.29 is 14.7 Å². The van der Waals surface area contributed by atoms with Gasteiger partial charge in [0.2, 0.25) is 5.91 Å². The van der Waals surface area contributed by atoms with E-state index >= 15 is 0 Å². The number of hydrogen-bond acceptors (Lipinski definition) is 4. The van der Waals surface area contributed by atoms with Crippen molar-refractivity contribution in [3.63, 3.8) is 0 Å². The Morgan fingerprint density at radius 1 is 1.48 bits per heavy atom. The zero-order chi connectivity index (χ0) is 18.1. The monoisotopic (exact) mass is 442 g/mol. The largest absolute Gasteiger partial charge is 0.394 e. The zero-order valence-electron chi connectivity index (χ0n) is 13.3. The highest BCUT2D eigenvalue weighted by Crippen LogP contribution is 2.34. The van der Waals surface area contributed by atoms with Crippen molar-refractivity contribution in [1.29, 1.82) is 0 Å². The first-order valence-electron chi connectivity index (χ1n) is 7.66. The maximum absolute atomic E-state index is 12.6. The van der Waals surface area contributed by atoms with Crippen LogP contribution in [0.4, 0.5) is 0 Å². The fraction of sp³-hybridized carbons (Fsp3) is 0.294. The fourth-order valence-electron chi connectivity index (χ4n) is 2.78. The highest BCUT2D eigenvalue weighted by atomic mass is 79.9. The lowest BCUT2D eigenvalue weighted by atomic mass is 10.1. The molecule has 2 amide bonds. The summed E-state index contributed by atoms with van der Waals surface area (Å²) in [5.74, 6) is -0.468. The molecule has 0 spiro atoms. The van der Waals surface area contributed by atoms with Gasteiger partial charge in [-0.2, -0.15) is 0 Å². The number of carbonyl (C=O) groups is 2. The molecule has 1 aromatic heterocycles. The van der Waals surface area contributed by atoms with E-state index in [1.807, 2.05) is 0 Å². The molecule has 1 aromatic carbocycles. The number of fused-ring (bicyclic) bond motifs is 1. The number of aliphatic hydroxyl groups excluding tert-OH is 1. The van der Waals surface area contributed by atoms with Gasteiger partial charge in [0, 0.05) is 9.90 Å². The highest BCUT2D eigenvalue weighted by Gasteiger charge is 2.36. The van der Waals surface area contributed by atoms with Crippen LogP contribution in [-0.2, 0) is 11.3 Å². The minimum Gasteiger partial charge on any atom is -0.394 e. The predicted molar refractivity (Wildman–Crippen MR) is 101 cm³/mol. The molecule has 3 rings (SSSR count). The average Bonchev–Trinajstić information content (AvgIpc) is 3.09. The van der Waals surface area contributed by atoms with E-state index in [9.17, 15) is 14.7 Å². The molecule has 1 aliphatic heterocycles. The van der Waals surface area contributed by atoms with Gasteiger partial charge < -0.3 is 15.3 Å². The summed E-state index contributed by atoms with van der Waals surface area (Å²) in [6.45, 7) is 1.85. The Morgan fingerprint density at radius 3 is 2.88 bits per heavy atom. The number of halogens is 2. The van der Waals surface area contributed by atoms with Gasteiger partial charge in [-0.25, -0.2) is 0 Å². The molecular weight excluding hydrogens is 428 g/mol. The van der Waals surface area contributed by atoms with Gasteiger partial charge >= 0.3 is 0 Å². The molecule has 2 heterocycles. The maximum Gasteiger partial charge on any atom is 0.256 e. The van der Waals surface area contributed by atoms with Crippen LogP contribution in [-0.4, -0.2) is 34.5 Å². The van der Waals surface area contributed by atoms with Crippen LogP contribution in [0.1, 0.15) is 33.8 Å². The topological polar surface area (TPSA) is 69.6 Å². The lowest BCUT2D eigenvalue weighted by Crippen LogP contribution is -2.46. The summed E-state index contributed by atoms with van der Waals surface area (Å²) in [7, 11) is 0. The first-order chi connectivity index (χ1) is 11.9. The second-order valence-corrected chi connectivity index (χ2v) is 8.75. The van der Waals surface area contributed by atoms with Crippen LogP contribution in [0.2, 0.25) is 5.02 Å². The molecule has 0 radical (unpaired) electrons. The average molecular weight is 444 g/mol. The summed E-state index contributed by atoms with van der Waals surface area (Å²) in [4.78, 5) is 27.6. The number of hydrogen-bond donors (Lipinski definition) is 2.